The molecule has 1 heterocycles. The lowest BCUT2D eigenvalue weighted by Crippen LogP contribution is -2.05. The molecule has 65 valence electrons. The zero-order valence-corrected chi connectivity index (χ0v) is 8.76. The van der Waals surface area contributed by atoms with Gasteiger partial charge < -0.3 is 4.74 Å². The summed E-state index contributed by atoms with van der Waals surface area (Å²) >= 11 is 3.28. The molecular weight excluding hydrogens is 218 g/mol. The van der Waals surface area contributed by atoms with Gasteiger partial charge in [0.25, 0.3) is 0 Å². The molecule has 0 unspecified atom stereocenters. The first-order chi connectivity index (χ1) is 5.68. The molecule has 0 aromatic carbocycles. The van der Waals surface area contributed by atoms with Crippen LogP contribution in [0.4, 0.5) is 0 Å². The Kier molecular flexibility index (Phi) is 3.53. The fourth-order valence-corrected chi connectivity index (χ4v) is 0.867. The van der Waals surface area contributed by atoms with Gasteiger partial charge in [0.1, 0.15) is 0 Å². The maximum absolute atomic E-state index is 5.33. The van der Waals surface area contributed by atoms with Crippen LogP contribution in [0.3, 0.4) is 0 Å². The molecule has 0 aliphatic carbocycles. The lowest BCUT2D eigenvalue weighted by molar-refractivity contribution is 0.260. The summed E-state index contributed by atoms with van der Waals surface area (Å²) in [6.07, 6.45) is 1.70. The van der Waals surface area contributed by atoms with Crippen LogP contribution in [0.5, 0.6) is 5.88 Å². The SMILES string of the molecule is CC(C)COc1[c]cc(Br)cn1. The Hall–Kier alpha value is -0.570. The van der Waals surface area contributed by atoms with Crippen molar-refractivity contribution in [3.63, 3.8) is 0 Å². The number of ether oxygens (including phenoxy) is 1. The van der Waals surface area contributed by atoms with Crippen molar-refractivity contribution in [3.8, 4) is 5.88 Å². The molecular formula is C9H11BrNO. The van der Waals surface area contributed by atoms with Gasteiger partial charge in [0.15, 0.2) is 0 Å². The number of halogens is 1. The second kappa shape index (κ2) is 4.45. The fourth-order valence-electron chi connectivity index (χ4n) is 0.650. The second-order valence-electron chi connectivity index (χ2n) is 2.94. The van der Waals surface area contributed by atoms with E-state index in [1.165, 1.54) is 0 Å². The third kappa shape index (κ3) is 3.22. The van der Waals surface area contributed by atoms with Gasteiger partial charge in [0.2, 0.25) is 5.88 Å². The Morgan fingerprint density at radius 3 is 2.92 bits per heavy atom. The molecule has 0 bridgehead atoms. The van der Waals surface area contributed by atoms with Gasteiger partial charge in [0, 0.05) is 10.7 Å². The van der Waals surface area contributed by atoms with Crippen LogP contribution in [0.15, 0.2) is 16.7 Å². The van der Waals surface area contributed by atoms with Crippen LogP contribution in [0, 0.1) is 12.0 Å². The highest BCUT2D eigenvalue weighted by Gasteiger charge is 1.97. The van der Waals surface area contributed by atoms with Gasteiger partial charge in [-0.2, -0.15) is 0 Å². The molecule has 1 aromatic rings. The van der Waals surface area contributed by atoms with Crippen molar-refractivity contribution < 1.29 is 4.74 Å². The van der Waals surface area contributed by atoms with Crippen molar-refractivity contribution in [2.24, 2.45) is 5.92 Å². The van der Waals surface area contributed by atoms with E-state index in [1.807, 2.05) is 0 Å². The van der Waals surface area contributed by atoms with Crippen LogP contribution in [0.2, 0.25) is 0 Å². The van der Waals surface area contributed by atoms with Crippen LogP contribution in [0.25, 0.3) is 0 Å². The molecule has 0 amide bonds. The molecule has 1 rings (SSSR count). The lowest BCUT2D eigenvalue weighted by atomic mass is 10.2. The third-order valence-corrected chi connectivity index (χ3v) is 1.63. The van der Waals surface area contributed by atoms with Crippen LogP contribution >= 0.6 is 15.9 Å². The summed E-state index contributed by atoms with van der Waals surface area (Å²) in [5, 5.41) is 0. The minimum atomic E-state index is 0.517. The van der Waals surface area contributed by atoms with E-state index >= 15 is 0 Å². The monoisotopic (exact) mass is 228 g/mol. The summed E-state index contributed by atoms with van der Waals surface area (Å²) in [6, 6.07) is 4.71. The van der Waals surface area contributed by atoms with E-state index in [2.05, 4.69) is 40.8 Å². The van der Waals surface area contributed by atoms with E-state index in [4.69, 9.17) is 4.74 Å². The highest BCUT2D eigenvalue weighted by atomic mass is 79.9. The van der Waals surface area contributed by atoms with Gasteiger partial charge in [-0.1, -0.05) is 13.8 Å². The summed E-state index contributed by atoms with van der Waals surface area (Å²) in [5.41, 5.74) is 0. The first-order valence-electron chi connectivity index (χ1n) is 3.84. The molecule has 0 fully saturated rings. The Bertz CT molecular complexity index is 233. The fraction of sp³-hybridized carbons (Fsp3) is 0.444. The molecule has 0 atom stereocenters. The summed E-state index contributed by atoms with van der Waals surface area (Å²) in [6.45, 7) is 4.88. The van der Waals surface area contributed by atoms with Gasteiger partial charge in [-0.25, -0.2) is 4.98 Å². The van der Waals surface area contributed by atoms with E-state index in [0.717, 1.165) is 4.47 Å². The average Bonchev–Trinajstić information content (AvgIpc) is 2.03. The largest absolute Gasteiger partial charge is 0.477 e. The smallest absolute Gasteiger partial charge is 0.221 e. The zero-order chi connectivity index (χ0) is 8.97. The second-order valence-corrected chi connectivity index (χ2v) is 3.86. The van der Waals surface area contributed by atoms with Crippen molar-refractivity contribution >= 4 is 15.9 Å². The molecule has 0 spiro atoms. The minimum absolute atomic E-state index is 0.517. The average molecular weight is 229 g/mol. The molecule has 12 heavy (non-hydrogen) atoms. The highest BCUT2D eigenvalue weighted by molar-refractivity contribution is 9.10. The zero-order valence-electron chi connectivity index (χ0n) is 7.17. The summed E-state index contributed by atoms with van der Waals surface area (Å²) in [7, 11) is 0. The predicted octanol–water partition coefficient (Wildman–Crippen LogP) is 2.68. The van der Waals surface area contributed by atoms with E-state index in [-0.39, 0.29) is 0 Å². The minimum Gasteiger partial charge on any atom is -0.477 e. The first-order valence-corrected chi connectivity index (χ1v) is 4.64. The van der Waals surface area contributed by atoms with Crippen LogP contribution in [-0.2, 0) is 0 Å². The van der Waals surface area contributed by atoms with Crippen molar-refractivity contribution in [3.05, 3.63) is 22.8 Å². The van der Waals surface area contributed by atoms with E-state index in [0.29, 0.717) is 18.4 Å². The van der Waals surface area contributed by atoms with E-state index in [1.54, 1.807) is 12.3 Å². The molecule has 0 aliphatic rings. The molecule has 2 nitrogen and oxygen atoms in total. The van der Waals surface area contributed by atoms with E-state index < -0.39 is 0 Å². The van der Waals surface area contributed by atoms with Gasteiger partial charge in [-0.3, -0.25) is 0 Å². The number of pyridine rings is 1. The van der Waals surface area contributed by atoms with Crippen LogP contribution in [-0.4, -0.2) is 11.6 Å². The Labute approximate surface area is 81.1 Å². The molecule has 3 heteroatoms. The number of hydrogen-bond acceptors (Lipinski definition) is 2. The molecule has 1 radical (unpaired) electrons. The van der Waals surface area contributed by atoms with Gasteiger partial charge in [-0.15, -0.1) is 0 Å². The van der Waals surface area contributed by atoms with Gasteiger partial charge in [-0.05, 0) is 27.9 Å². The summed E-state index contributed by atoms with van der Waals surface area (Å²) in [5.74, 6) is 1.08. The van der Waals surface area contributed by atoms with Crippen molar-refractivity contribution in [1.82, 2.24) is 4.98 Å². The quantitative estimate of drug-likeness (QED) is 0.794. The summed E-state index contributed by atoms with van der Waals surface area (Å²) in [4.78, 5) is 4.03. The topological polar surface area (TPSA) is 22.1 Å². The van der Waals surface area contributed by atoms with Crippen molar-refractivity contribution in [2.45, 2.75) is 13.8 Å². The van der Waals surface area contributed by atoms with Crippen molar-refractivity contribution in [1.29, 1.82) is 0 Å². The number of rotatable bonds is 3. The standard InChI is InChI=1S/C9H11BrNO/c1-7(2)6-12-9-4-3-8(10)5-11-9/h3,5,7H,6H2,1-2H3. The van der Waals surface area contributed by atoms with Gasteiger partial charge >= 0.3 is 0 Å². The maximum Gasteiger partial charge on any atom is 0.221 e. The predicted molar refractivity (Wildman–Crippen MR) is 51.1 cm³/mol. The van der Waals surface area contributed by atoms with Gasteiger partial charge in [0.05, 0.1) is 12.7 Å². The Balaban J connectivity index is 2.48. The third-order valence-electron chi connectivity index (χ3n) is 1.19. The first kappa shape index (κ1) is 9.52. The molecule has 0 saturated carbocycles. The summed E-state index contributed by atoms with van der Waals surface area (Å²) < 4.78 is 6.25. The number of nitrogens with zero attached hydrogens (tertiary/aromatic N) is 1. The lowest BCUT2D eigenvalue weighted by Gasteiger charge is -2.06. The highest BCUT2D eigenvalue weighted by Crippen LogP contribution is 2.11. The molecule has 0 N–H and O–H groups in total. The van der Waals surface area contributed by atoms with Crippen molar-refractivity contribution in [2.75, 3.05) is 6.61 Å². The molecule has 0 aliphatic heterocycles. The van der Waals surface area contributed by atoms with E-state index in [9.17, 15) is 0 Å². The van der Waals surface area contributed by atoms with Crippen LogP contribution < -0.4 is 4.74 Å². The van der Waals surface area contributed by atoms with Crippen LogP contribution in [0.1, 0.15) is 13.8 Å². The molecule has 0 saturated heterocycles. The molecule has 1 aromatic heterocycles. The number of hydrogen-bond donors (Lipinski definition) is 0. The normalized spacial score (nSPS) is 10.3. The maximum atomic E-state index is 5.33. The Morgan fingerprint density at radius 2 is 2.42 bits per heavy atom. The Morgan fingerprint density at radius 1 is 1.67 bits per heavy atom. The number of aromatic nitrogens is 1.